The van der Waals surface area contributed by atoms with Crippen LogP contribution in [0.1, 0.15) is 56.1 Å². The Morgan fingerprint density at radius 3 is 2.77 bits per heavy atom. The van der Waals surface area contributed by atoms with Gasteiger partial charge in [0.05, 0.1) is 18.2 Å². The molecule has 0 aromatic heterocycles. The van der Waals surface area contributed by atoms with Crippen molar-refractivity contribution in [2.45, 2.75) is 64.4 Å². The molecular weight excluding hydrogens is 384 g/mol. The number of carbonyl (C=O) groups excluding carboxylic acids is 2. The van der Waals surface area contributed by atoms with Gasteiger partial charge in [0.15, 0.2) is 0 Å². The van der Waals surface area contributed by atoms with Crippen molar-refractivity contribution in [3.8, 4) is 0 Å². The summed E-state index contributed by atoms with van der Waals surface area (Å²) in [5, 5.41) is 0. The molecule has 4 rings (SSSR count). The zero-order chi connectivity index (χ0) is 21.7. The summed E-state index contributed by atoms with van der Waals surface area (Å²) in [6.07, 6.45) is 0.360. The van der Waals surface area contributed by atoms with Crippen LogP contribution in [0.3, 0.4) is 0 Å². The molecule has 1 aromatic carbocycles. The monoisotopic (exact) mass is 416 g/mol. The second-order valence-electron chi connectivity index (χ2n) is 9.88. The molecule has 0 unspecified atom stereocenters. The minimum absolute atomic E-state index is 0.106. The maximum Gasteiger partial charge on any atom is 0.410 e. The summed E-state index contributed by atoms with van der Waals surface area (Å²) in [6, 6.07) is 6.10. The third-order valence-corrected chi connectivity index (χ3v) is 6.11. The number of carbonyl (C=O) groups is 2. The fraction of sp³-hybridized carbons (Fsp3) is 0.652. The summed E-state index contributed by atoms with van der Waals surface area (Å²) < 4.78 is 17.2. The first-order chi connectivity index (χ1) is 14.0. The van der Waals surface area contributed by atoms with E-state index in [1.54, 1.807) is 4.90 Å². The second kappa shape index (κ2) is 7.54. The van der Waals surface area contributed by atoms with E-state index in [0.29, 0.717) is 25.3 Å². The summed E-state index contributed by atoms with van der Waals surface area (Å²) in [7, 11) is 0. The molecule has 0 saturated carbocycles. The Hall–Kier alpha value is -2.12. The van der Waals surface area contributed by atoms with Crippen molar-refractivity contribution in [2.75, 3.05) is 32.8 Å². The number of piperazine rings is 1. The van der Waals surface area contributed by atoms with E-state index >= 15 is 0 Å². The van der Waals surface area contributed by atoms with Crippen LogP contribution in [0.25, 0.3) is 0 Å². The molecule has 1 amide bonds. The number of rotatable bonds is 1. The molecule has 3 aliphatic rings. The quantitative estimate of drug-likeness (QED) is 0.656. The number of cyclic esters (lactones) is 1. The van der Waals surface area contributed by atoms with E-state index in [2.05, 4.69) is 17.9 Å². The number of nitrogens with zero attached hydrogens (tertiary/aromatic N) is 2. The number of hydrogen-bond donors (Lipinski definition) is 0. The molecule has 2 fully saturated rings. The molecule has 3 heterocycles. The van der Waals surface area contributed by atoms with Gasteiger partial charge in [-0.15, -0.1) is 0 Å². The molecule has 7 heteroatoms. The van der Waals surface area contributed by atoms with E-state index in [0.717, 1.165) is 30.6 Å². The molecular formula is C23H32N2O5. The molecule has 0 radical (unpaired) electrons. The number of fused-ring (bicyclic) bond motifs is 2. The number of morpholine rings is 1. The van der Waals surface area contributed by atoms with Gasteiger partial charge in [-0.05, 0) is 51.8 Å². The molecule has 3 atom stereocenters. The molecule has 7 nitrogen and oxygen atoms in total. The zero-order valence-corrected chi connectivity index (χ0v) is 18.6. The van der Waals surface area contributed by atoms with E-state index in [-0.39, 0.29) is 24.2 Å². The van der Waals surface area contributed by atoms with Crippen LogP contribution in [0, 0.1) is 0 Å². The van der Waals surface area contributed by atoms with Crippen LogP contribution in [-0.2, 0) is 26.2 Å². The predicted molar refractivity (Wildman–Crippen MR) is 111 cm³/mol. The molecule has 1 aromatic rings. The highest BCUT2D eigenvalue weighted by atomic mass is 16.6. The smallest absolute Gasteiger partial charge is 0.410 e. The Balaban J connectivity index is 1.45. The first kappa shape index (κ1) is 21.1. The molecule has 164 valence electrons. The maximum absolute atomic E-state index is 12.4. The van der Waals surface area contributed by atoms with Crippen molar-refractivity contribution >= 4 is 12.1 Å². The highest BCUT2D eigenvalue weighted by Crippen LogP contribution is 2.35. The van der Waals surface area contributed by atoms with E-state index < -0.39 is 11.2 Å². The average molecular weight is 417 g/mol. The van der Waals surface area contributed by atoms with Crippen LogP contribution in [0.15, 0.2) is 18.2 Å². The van der Waals surface area contributed by atoms with Crippen LogP contribution in [0.4, 0.5) is 4.79 Å². The van der Waals surface area contributed by atoms with Gasteiger partial charge >= 0.3 is 12.1 Å². The van der Waals surface area contributed by atoms with Crippen molar-refractivity contribution in [1.82, 2.24) is 9.80 Å². The van der Waals surface area contributed by atoms with Gasteiger partial charge in [-0.1, -0.05) is 12.1 Å². The third-order valence-electron chi connectivity index (χ3n) is 6.11. The Kier molecular flexibility index (Phi) is 5.31. The van der Waals surface area contributed by atoms with Crippen LogP contribution < -0.4 is 0 Å². The van der Waals surface area contributed by atoms with Crippen molar-refractivity contribution in [1.29, 1.82) is 0 Å². The lowest BCUT2D eigenvalue weighted by Gasteiger charge is -2.49. The second-order valence-corrected chi connectivity index (χ2v) is 9.88. The van der Waals surface area contributed by atoms with E-state index in [1.807, 2.05) is 39.8 Å². The molecule has 0 spiro atoms. The number of benzene rings is 1. The van der Waals surface area contributed by atoms with Crippen LogP contribution in [0.5, 0.6) is 0 Å². The van der Waals surface area contributed by atoms with Gasteiger partial charge in [-0.2, -0.15) is 0 Å². The number of hydrogen-bond acceptors (Lipinski definition) is 6. The minimum atomic E-state index is -0.494. The lowest BCUT2D eigenvalue weighted by atomic mass is 9.87. The molecule has 0 N–H and O–H groups in total. The summed E-state index contributed by atoms with van der Waals surface area (Å²) in [5.41, 5.74) is 1.81. The largest absolute Gasteiger partial charge is 0.459 e. The normalized spacial score (nSPS) is 29.6. The van der Waals surface area contributed by atoms with E-state index in [1.165, 1.54) is 0 Å². The Morgan fingerprint density at radius 2 is 2.03 bits per heavy atom. The van der Waals surface area contributed by atoms with Gasteiger partial charge in [-0.3, -0.25) is 4.90 Å². The summed E-state index contributed by atoms with van der Waals surface area (Å²) in [4.78, 5) is 28.7. The Morgan fingerprint density at radius 1 is 1.27 bits per heavy atom. The van der Waals surface area contributed by atoms with Crippen molar-refractivity contribution in [2.24, 2.45) is 0 Å². The van der Waals surface area contributed by atoms with Gasteiger partial charge in [-0.25, -0.2) is 9.59 Å². The van der Waals surface area contributed by atoms with E-state index in [9.17, 15) is 9.59 Å². The summed E-state index contributed by atoms with van der Waals surface area (Å²) >= 11 is 0. The molecule has 0 bridgehead atoms. The number of ether oxygens (including phenoxy) is 3. The first-order valence-electron chi connectivity index (χ1n) is 10.7. The highest BCUT2D eigenvalue weighted by Gasteiger charge is 2.42. The lowest BCUT2D eigenvalue weighted by Crippen LogP contribution is -2.63. The SMILES string of the molecule is C[C@@H]1Cc2cc([C@]3(C)CN4CCN(C(=O)OC(C)(C)C)C[C@H]4CO3)ccc2C(=O)O1. The van der Waals surface area contributed by atoms with Gasteiger partial charge in [0.2, 0.25) is 0 Å². The van der Waals surface area contributed by atoms with Crippen LogP contribution in [0.2, 0.25) is 0 Å². The van der Waals surface area contributed by atoms with E-state index in [4.69, 9.17) is 14.2 Å². The summed E-state index contributed by atoms with van der Waals surface area (Å²) in [5.74, 6) is -0.247. The highest BCUT2D eigenvalue weighted by molar-refractivity contribution is 5.92. The standard InChI is InChI=1S/C23H32N2O5/c1-15-10-16-11-17(6-7-19(16)20(26)29-15)23(5)14-25-9-8-24(12-18(25)13-28-23)21(27)30-22(2,3)4/h6-7,11,15,18H,8-10,12-14H2,1-5H3/t15-,18+,23+/m1/s1. The number of amides is 1. The van der Waals surface area contributed by atoms with Crippen LogP contribution >= 0.6 is 0 Å². The van der Waals surface area contributed by atoms with Gasteiger partial charge < -0.3 is 19.1 Å². The van der Waals surface area contributed by atoms with Gasteiger partial charge in [0.1, 0.15) is 17.3 Å². The number of esters is 1. The van der Waals surface area contributed by atoms with Crippen molar-refractivity contribution < 1.29 is 23.8 Å². The topological polar surface area (TPSA) is 68.3 Å². The fourth-order valence-corrected chi connectivity index (χ4v) is 4.53. The molecule has 0 aliphatic carbocycles. The zero-order valence-electron chi connectivity index (χ0n) is 18.6. The first-order valence-corrected chi connectivity index (χ1v) is 10.7. The fourth-order valence-electron chi connectivity index (χ4n) is 4.53. The van der Waals surface area contributed by atoms with Gasteiger partial charge in [0, 0.05) is 32.6 Å². The molecule has 3 aliphatic heterocycles. The molecule has 30 heavy (non-hydrogen) atoms. The predicted octanol–water partition coefficient (Wildman–Crippen LogP) is 2.95. The average Bonchev–Trinajstić information content (AvgIpc) is 2.65. The maximum atomic E-state index is 12.4. The third kappa shape index (κ3) is 4.18. The van der Waals surface area contributed by atoms with Gasteiger partial charge in [0.25, 0.3) is 0 Å². The van der Waals surface area contributed by atoms with Crippen molar-refractivity contribution in [3.63, 3.8) is 0 Å². The van der Waals surface area contributed by atoms with Crippen LogP contribution in [-0.4, -0.2) is 72.4 Å². The van der Waals surface area contributed by atoms with Crippen molar-refractivity contribution in [3.05, 3.63) is 34.9 Å². The lowest BCUT2D eigenvalue weighted by molar-refractivity contribution is -0.144. The summed E-state index contributed by atoms with van der Waals surface area (Å²) in [6.45, 7) is 13.0. The Bertz CT molecular complexity index is 848. The Labute approximate surface area is 178 Å². The molecule has 2 saturated heterocycles. The minimum Gasteiger partial charge on any atom is -0.459 e.